The van der Waals surface area contributed by atoms with Crippen LogP contribution in [0.5, 0.6) is 0 Å². The summed E-state index contributed by atoms with van der Waals surface area (Å²) in [5.41, 5.74) is 0. The first-order valence-corrected chi connectivity index (χ1v) is 9.82. The number of hydrogen-bond acceptors (Lipinski definition) is 4. The molecule has 2 heterocycles. The van der Waals surface area contributed by atoms with Gasteiger partial charge >= 0.3 is 29.6 Å². The van der Waals surface area contributed by atoms with Crippen molar-refractivity contribution in [1.29, 1.82) is 0 Å². The van der Waals surface area contributed by atoms with E-state index in [0.717, 1.165) is 38.5 Å². The Morgan fingerprint density at radius 2 is 1.23 bits per heavy atom. The monoisotopic (exact) mass is 338 g/mol. The van der Waals surface area contributed by atoms with Crippen molar-refractivity contribution in [2.45, 2.75) is 51.4 Å². The van der Waals surface area contributed by atoms with Crippen LogP contribution in [0.4, 0.5) is 0 Å². The summed E-state index contributed by atoms with van der Waals surface area (Å²) in [5.74, 6) is -0.156. The predicted molar refractivity (Wildman–Crippen MR) is 77.7 cm³/mol. The second-order valence-electron chi connectivity index (χ2n) is 6.03. The smallest absolute Gasteiger partial charge is 0.797 e. The fourth-order valence-corrected chi connectivity index (χ4v) is 4.67. The van der Waals surface area contributed by atoms with Crippen LogP contribution in [0.2, 0.25) is 0 Å². The maximum atomic E-state index is 12.3. The van der Waals surface area contributed by atoms with Gasteiger partial charge in [-0.2, -0.15) is 0 Å². The first-order chi connectivity index (χ1) is 9.98. The van der Waals surface area contributed by atoms with Crippen LogP contribution in [-0.2, 0) is 14.2 Å². The van der Waals surface area contributed by atoms with E-state index in [1.54, 1.807) is 0 Å². The van der Waals surface area contributed by atoms with Gasteiger partial charge < -0.3 is 19.3 Å². The number of carbonyl (C=O) groups is 2. The van der Waals surface area contributed by atoms with Crippen molar-refractivity contribution in [3.8, 4) is 0 Å². The maximum Gasteiger partial charge on any atom is 1.00 e. The number of hydrogen-bond donors (Lipinski definition) is 0. The van der Waals surface area contributed by atoms with Gasteiger partial charge in [0.05, 0.1) is 19.9 Å². The van der Waals surface area contributed by atoms with E-state index in [9.17, 15) is 19.0 Å². The Labute approximate surface area is 154 Å². The zero-order valence-corrected chi connectivity index (χ0v) is 16.4. The molecule has 22 heavy (non-hydrogen) atoms. The van der Waals surface area contributed by atoms with Crippen molar-refractivity contribution >= 4 is 19.2 Å². The Bertz CT molecular complexity index is 411. The van der Waals surface area contributed by atoms with Crippen molar-refractivity contribution in [3.63, 3.8) is 0 Å². The van der Waals surface area contributed by atoms with Gasteiger partial charge in [-0.15, -0.1) is 0 Å². The largest absolute Gasteiger partial charge is 1.00 e. The molecule has 0 N–H and O–H groups in total. The second kappa shape index (κ2) is 9.43. The van der Waals surface area contributed by atoms with Crippen molar-refractivity contribution in [3.05, 3.63) is 0 Å². The molecule has 120 valence electrons. The molecule has 0 unspecified atom stereocenters. The van der Waals surface area contributed by atoms with Gasteiger partial charge in [0.1, 0.15) is 0 Å². The number of nitrogens with zero attached hydrogens (tertiary/aromatic N) is 2. The van der Waals surface area contributed by atoms with Crippen LogP contribution in [0, 0.1) is 0 Å². The summed E-state index contributed by atoms with van der Waals surface area (Å²) in [7, 11) is -3.78. The van der Waals surface area contributed by atoms with Crippen molar-refractivity contribution in [2.75, 3.05) is 25.7 Å². The Morgan fingerprint density at radius 1 is 0.818 bits per heavy atom. The molecule has 0 spiro atoms. The molecule has 0 saturated carbocycles. The van der Waals surface area contributed by atoms with Crippen molar-refractivity contribution in [2.24, 2.45) is 0 Å². The Kier molecular flexibility index (Phi) is 8.65. The van der Waals surface area contributed by atoms with E-state index in [-0.39, 0.29) is 53.9 Å². The topological polar surface area (TPSA) is 80.8 Å². The quantitative estimate of drug-likeness (QED) is 0.454. The van der Waals surface area contributed by atoms with E-state index in [0.29, 0.717) is 25.9 Å². The number of amides is 2. The fourth-order valence-electron chi connectivity index (χ4n) is 2.94. The summed E-state index contributed by atoms with van der Waals surface area (Å²) in [4.78, 5) is 39.0. The summed E-state index contributed by atoms with van der Waals surface area (Å²) in [6, 6.07) is 0. The van der Waals surface area contributed by atoms with Crippen LogP contribution in [0.15, 0.2) is 0 Å². The molecule has 2 saturated heterocycles. The van der Waals surface area contributed by atoms with Gasteiger partial charge in [0.15, 0.2) is 0 Å². The molecule has 0 atom stereocenters. The van der Waals surface area contributed by atoms with E-state index in [2.05, 4.69) is 0 Å². The van der Waals surface area contributed by atoms with Crippen LogP contribution in [-0.4, -0.2) is 47.3 Å². The number of rotatable bonds is 4. The average Bonchev–Trinajstić information content (AvgIpc) is 2.72. The van der Waals surface area contributed by atoms with E-state index in [1.807, 2.05) is 0 Å². The summed E-state index contributed by atoms with van der Waals surface area (Å²) < 4.78 is 12.3. The number of carbonyl (C=O) groups excluding carboxylic acids is 2. The molecule has 0 aromatic heterocycles. The zero-order valence-electron chi connectivity index (χ0n) is 13.5. The number of likely N-dealkylation sites (tertiary alicyclic amines) is 2. The minimum Gasteiger partial charge on any atom is -0.797 e. The summed E-state index contributed by atoms with van der Waals surface area (Å²) in [6.07, 6.45) is 5.73. The molecule has 0 aromatic rings. The van der Waals surface area contributed by atoms with Gasteiger partial charge in [-0.1, -0.05) is 12.8 Å². The molecule has 6 nitrogen and oxygen atoms in total. The maximum absolute atomic E-state index is 12.3. The molecule has 0 aliphatic carbocycles. The standard InChI is InChI=1S/C14H25N2O4P.Na/c17-13-7-3-1-5-9-15(13)11-21(19,20)12-16-10-6-2-4-8-14(16)18;/h1-12H2,(H,19,20);/q;+1/p-1. The molecule has 2 rings (SSSR count). The normalized spacial score (nSPS) is 21.1. The Morgan fingerprint density at radius 3 is 1.64 bits per heavy atom. The average molecular weight is 338 g/mol. The summed E-state index contributed by atoms with van der Waals surface area (Å²) >= 11 is 0. The van der Waals surface area contributed by atoms with E-state index in [4.69, 9.17) is 0 Å². The molecule has 0 radical (unpaired) electrons. The molecule has 8 heteroatoms. The zero-order chi connectivity index (χ0) is 15.3. The Hall–Kier alpha value is 0.130. The molecule has 0 aromatic carbocycles. The minimum absolute atomic E-state index is 0. The molecule has 2 amide bonds. The molecule has 2 aliphatic rings. The Balaban J connectivity index is 0.00000242. The third-order valence-corrected chi connectivity index (χ3v) is 5.66. The van der Waals surface area contributed by atoms with Gasteiger partial charge in [0, 0.05) is 25.9 Å². The summed E-state index contributed by atoms with van der Waals surface area (Å²) in [5, 5.41) is 0. The van der Waals surface area contributed by atoms with E-state index >= 15 is 0 Å². The van der Waals surface area contributed by atoms with Gasteiger partial charge in [-0.05, 0) is 25.7 Å². The summed E-state index contributed by atoms with van der Waals surface area (Å²) in [6.45, 7) is 1.03. The van der Waals surface area contributed by atoms with Gasteiger partial charge in [-0.25, -0.2) is 0 Å². The van der Waals surface area contributed by atoms with Crippen LogP contribution >= 0.6 is 7.37 Å². The second-order valence-corrected chi connectivity index (χ2v) is 8.23. The van der Waals surface area contributed by atoms with E-state index < -0.39 is 7.37 Å². The molecular formula is C14H24N2NaO4P. The molecule has 0 bridgehead atoms. The molecule has 2 fully saturated rings. The SMILES string of the molecule is O=C1CCCCCN1CP(=O)([O-])CN1CCCCCC1=O.[Na+]. The predicted octanol–water partition coefficient (Wildman–Crippen LogP) is -1.65. The van der Waals surface area contributed by atoms with E-state index in [1.165, 1.54) is 9.80 Å². The third-order valence-electron chi connectivity index (χ3n) is 4.12. The van der Waals surface area contributed by atoms with Gasteiger partial charge in [-0.3, -0.25) is 9.59 Å². The molecular weight excluding hydrogens is 314 g/mol. The van der Waals surface area contributed by atoms with Gasteiger partial charge in [0.25, 0.3) is 0 Å². The van der Waals surface area contributed by atoms with Crippen molar-refractivity contribution in [1.82, 2.24) is 9.80 Å². The van der Waals surface area contributed by atoms with Crippen LogP contribution in [0.25, 0.3) is 0 Å². The minimum atomic E-state index is -3.78. The van der Waals surface area contributed by atoms with Crippen molar-refractivity contribution < 1.29 is 48.6 Å². The molecule has 2 aliphatic heterocycles. The fraction of sp³-hybridized carbons (Fsp3) is 0.857. The third kappa shape index (κ3) is 6.32. The first kappa shape index (κ1) is 20.2. The van der Waals surface area contributed by atoms with Crippen LogP contribution in [0.3, 0.4) is 0 Å². The van der Waals surface area contributed by atoms with Crippen LogP contribution < -0.4 is 34.5 Å². The first-order valence-electron chi connectivity index (χ1n) is 7.83. The van der Waals surface area contributed by atoms with Crippen LogP contribution in [0.1, 0.15) is 51.4 Å². The van der Waals surface area contributed by atoms with Gasteiger partial charge in [0.2, 0.25) is 11.8 Å².